The molecular formula is C15H21NO3. The SMILES string of the molecule is Cc1cccc(OCCC(NC2CC2)C(=O)O)c1C. The van der Waals surface area contributed by atoms with Crippen LogP contribution in [0.15, 0.2) is 18.2 Å². The van der Waals surface area contributed by atoms with Crippen LogP contribution in [0.25, 0.3) is 0 Å². The quantitative estimate of drug-likeness (QED) is 0.792. The second-order valence-corrected chi connectivity index (χ2v) is 5.17. The fourth-order valence-corrected chi connectivity index (χ4v) is 1.98. The van der Waals surface area contributed by atoms with Crippen molar-refractivity contribution in [1.29, 1.82) is 0 Å². The first-order chi connectivity index (χ1) is 9.08. The zero-order valence-corrected chi connectivity index (χ0v) is 11.5. The highest BCUT2D eigenvalue weighted by Crippen LogP contribution is 2.22. The number of benzene rings is 1. The molecule has 1 fully saturated rings. The second kappa shape index (κ2) is 6.06. The van der Waals surface area contributed by atoms with Gasteiger partial charge in [-0.3, -0.25) is 4.79 Å². The zero-order valence-electron chi connectivity index (χ0n) is 11.5. The van der Waals surface area contributed by atoms with Gasteiger partial charge in [-0.05, 0) is 43.9 Å². The molecule has 1 saturated carbocycles. The number of hydrogen-bond donors (Lipinski definition) is 2. The highest BCUT2D eigenvalue weighted by molar-refractivity contribution is 5.73. The lowest BCUT2D eigenvalue weighted by molar-refractivity contribution is -0.139. The maximum atomic E-state index is 11.1. The number of nitrogens with one attached hydrogen (secondary N) is 1. The van der Waals surface area contributed by atoms with Crippen LogP contribution in [0.1, 0.15) is 30.4 Å². The number of aryl methyl sites for hydroxylation is 1. The van der Waals surface area contributed by atoms with Gasteiger partial charge in [0.25, 0.3) is 0 Å². The molecule has 4 nitrogen and oxygen atoms in total. The molecule has 0 amide bonds. The second-order valence-electron chi connectivity index (χ2n) is 5.17. The Balaban J connectivity index is 1.83. The molecule has 2 N–H and O–H groups in total. The van der Waals surface area contributed by atoms with Gasteiger partial charge in [0, 0.05) is 12.5 Å². The average Bonchev–Trinajstić information content (AvgIpc) is 3.17. The fraction of sp³-hybridized carbons (Fsp3) is 0.533. The molecule has 0 aromatic heterocycles. The Morgan fingerprint density at radius 1 is 1.47 bits per heavy atom. The molecule has 0 heterocycles. The van der Waals surface area contributed by atoms with Crippen LogP contribution in [0.4, 0.5) is 0 Å². The molecule has 1 atom stereocenters. The number of hydrogen-bond acceptors (Lipinski definition) is 3. The van der Waals surface area contributed by atoms with Crippen molar-refractivity contribution >= 4 is 5.97 Å². The lowest BCUT2D eigenvalue weighted by atomic mass is 10.1. The summed E-state index contributed by atoms with van der Waals surface area (Å²) in [5.41, 5.74) is 2.30. The van der Waals surface area contributed by atoms with Crippen molar-refractivity contribution in [3.05, 3.63) is 29.3 Å². The minimum Gasteiger partial charge on any atom is -0.493 e. The van der Waals surface area contributed by atoms with Gasteiger partial charge in [0.15, 0.2) is 0 Å². The largest absolute Gasteiger partial charge is 0.493 e. The van der Waals surface area contributed by atoms with E-state index in [1.165, 1.54) is 5.56 Å². The fourth-order valence-electron chi connectivity index (χ4n) is 1.98. The average molecular weight is 263 g/mol. The van der Waals surface area contributed by atoms with E-state index < -0.39 is 12.0 Å². The zero-order chi connectivity index (χ0) is 13.8. The Hall–Kier alpha value is -1.55. The first-order valence-electron chi connectivity index (χ1n) is 6.76. The third kappa shape index (κ3) is 3.96. The summed E-state index contributed by atoms with van der Waals surface area (Å²) in [7, 11) is 0. The van der Waals surface area contributed by atoms with Crippen molar-refractivity contribution < 1.29 is 14.6 Å². The molecule has 4 heteroatoms. The van der Waals surface area contributed by atoms with E-state index in [0.717, 1.165) is 24.2 Å². The number of rotatable bonds is 7. The third-order valence-corrected chi connectivity index (χ3v) is 3.53. The monoisotopic (exact) mass is 263 g/mol. The van der Waals surface area contributed by atoms with Gasteiger partial charge in [0.1, 0.15) is 11.8 Å². The Morgan fingerprint density at radius 3 is 2.84 bits per heavy atom. The van der Waals surface area contributed by atoms with E-state index in [9.17, 15) is 4.79 Å². The first kappa shape index (κ1) is 13.9. The molecule has 1 unspecified atom stereocenters. The van der Waals surface area contributed by atoms with Crippen LogP contribution < -0.4 is 10.1 Å². The summed E-state index contributed by atoms with van der Waals surface area (Å²) in [6.07, 6.45) is 2.66. The normalized spacial score (nSPS) is 16.1. The van der Waals surface area contributed by atoms with Gasteiger partial charge in [-0.25, -0.2) is 0 Å². The van der Waals surface area contributed by atoms with Crippen LogP contribution in [0, 0.1) is 13.8 Å². The lowest BCUT2D eigenvalue weighted by Gasteiger charge is -2.15. The summed E-state index contributed by atoms with van der Waals surface area (Å²) in [6, 6.07) is 5.80. The van der Waals surface area contributed by atoms with Gasteiger partial charge in [0.05, 0.1) is 6.61 Å². The molecule has 0 radical (unpaired) electrons. The maximum Gasteiger partial charge on any atom is 0.320 e. The van der Waals surface area contributed by atoms with Crippen LogP contribution in [-0.4, -0.2) is 29.8 Å². The number of carboxylic acids is 1. The van der Waals surface area contributed by atoms with Crippen molar-refractivity contribution in [2.45, 2.75) is 45.2 Å². The van der Waals surface area contributed by atoms with Gasteiger partial charge in [-0.15, -0.1) is 0 Å². The Kier molecular flexibility index (Phi) is 4.43. The Bertz CT molecular complexity index is 455. The molecule has 1 aromatic carbocycles. The van der Waals surface area contributed by atoms with Gasteiger partial charge in [0.2, 0.25) is 0 Å². The third-order valence-electron chi connectivity index (χ3n) is 3.53. The molecule has 0 bridgehead atoms. The lowest BCUT2D eigenvalue weighted by Crippen LogP contribution is -2.39. The van der Waals surface area contributed by atoms with Crippen LogP contribution in [0.5, 0.6) is 5.75 Å². The Morgan fingerprint density at radius 2 is 2.21 bits per heavy atom. The summed E-state index contributed by atoms with van der Waals surface area (Å²) < 4.78 is 5.70. The van der Waals surface area contributed by atoms with Gasteiger partial charge >= 0.3 is 5.97 Å². The highest BCUT2D eigenvalue weighted by Gasteiger charge is 2.28. The van der Waals surface area contributed by atoms with E-state index in [4.69, 9.17) is 9.84 Å². The summed E-state index contributed by atoms with van der Waals surface area (Å²) in [4.78, 5) is 11.1. The van der Waals surface area contributed by atoms with E-state index in [-0.39, 0.29) is 0 Å². The van der Waals surface area contributed by atoms with Gasteiger partial charge in [-0.1, -0.05) is 12.1 Å². The van der Waals surface area contributed by atoms with Gasteiger partial charge in [-0.2, -0.15) is 0 Å². The number of ether oxygens (including phenoxy) is 1. The number of carboxylic acid groups (broad SMARTS) is 1. The molecule has 104 valence electrons. The minimum atomic E-state index is -0.795. The van der Waals surface area contributed by atoms with Crippen molar-refractivity contribution in [1.82, 2.24) is 5.32 Å². The summed E-state index contributed by atoms with van der Waals surface area (Å²) in [6.45, 7) is 4.47. The molecule has 0 spiro atoms. The van der Waals surface area contributed by atoms with E-state index in [1.54, 1.807) is 0 Å². The maximum absolute atomic E-state index is 11.1. The first-order valence-corrected chi connectivity index (χ1v) is 6.76. The van der Waals surface area contributed by atoms with Crippen LogP contribution in [-0.2, 0) is 4.79 Å². The molecule has 2 rings (SSSR count). The van der Waals surface area contributed by atoms with Crippen molar-refractivity contribution in [3.63, 3.8) is 0 Å². The van der Waals surface area contributed by atoms with E-state index in [0.29, 0.717) is 19.1 Å². The smallest absolute Gasteiger partial charge is 0.320 e. The molecule has 0 aliphatic heterocycles. The molecule has 19 heavy (non-hydrogen) atoms. The van der Waals surface area contributed by atoms with Crippen LogP contribution in [0.2, 0.25) is 0 Å². The Labute approximate surface area is 113 Å². The number of aliphatic carboxylic acids is 1. The number of carbonyl (C=O) groups is 1. The predicted octanol–water partition coefficient (Wildman–Crippen LogP) is 2.28. The standard InChI is InChI=1S/C15H21NO3/c1-10-4-3-5-14(11(10)2)19-9-8-13(15(17)18)16-12-6-7-12/h3-5,12-13,16H,6-9H2,1-2H3,(H,17,18). The summed E-state index contributed by atoms with van der Waals surface area (Å²) in [5, 5.41) is 12.3. The minimum absolute atomic E-state index is 0.391. The summed E-state index contributed by atoms with van der Waals surface area (Å²) in [5.74, 6) is 0.0482. The van der Waals surface area contributed by atoms with E-state index in [2.05, 4.69) is 5.32 Å². The molecule has 1 aromatic rings. The van der Waals surface area contributed by atoms with Crippen molar-refractivity contribution in [3.8, 4) is 5.75 Å². The van der Waals surface area contributed by atoms with E-state index in [1.807, 2.05) is 32.0 Å². The molecule has 1 aliphatic carbocycles. The topological polar surface area (TPSA) is 58.6 Å². The summed E-state index contributed by atoms with van der Waals surface area (Å²) >= 11 is 0. The van der Waals surface area contributed by atoms with Crippen molar-refractivity contribution in [2.75, 3.05) is 6.61 Å². The molecule has 0 saturated heterocycles. The van der Waals surface area contributed by atoms with E-state index >= 15 is 0 Å². The van der Waals surface area contributed by atoms with Crippen LogP contribution >= 0.6 is 0 Å². The highest BCUT2D eigenvalue weighted by atomic mass is 16.5. The molecular weight excluding hydrogens is 242 g/mol. The molecule has 1 aliphatic rings. The van der Waals surface area contributed by atoms with Crippen LogP contribution in [0.3, 0.4) is 0 Å². The van der Waals surface area contributed by atoms with Gasteiger partial charge < -0.3 is 15.2 Å². The predicted molar refractivity (Wildman–Crippen MR) is 73.6 cm³/mol. The van der Waals surface area contributed by atoms with Crippen molar-refractivity contribution in [2.24, 2.45) is 0 Å².